The Kier molecular flexibility index (Phi) is 5.88. The van der Waals surface area contributed by atoms with Gasteiger partial charge in [0.1, 0.15) is 5.57 Å². The lowest BCUT2D eigenvalue weighted by molar-refractivity contribution is -0.142. The van der Waals surface area contributed by atoms with Crippen LogP contribution in [0.15, 0.2) is 24.4 Å². The maximum absolute atomic E-state index is 13.7. The molecule has 2 aromatic rings. The topological polar surface area (TPSA) is 75.3 Å². The molecule has 1 aromatic heterocycles. The summed E-state index contributed by atoms with van der Waals surface area (Å²) in [6.07, 6.45) is -4.38. The molecular weight excluding hydrogens is 437 g/mol. The second-order valence-electron chi connectivity index (χ2n) is 8.26. The van der Waals surface area contributed by atoms with Gasteiger partial charge in [-0.3, -0.25) is 9.89 Å². The molecule has 0 saturated carbocycles. The molecule has 1 aliphatic rings. The number of halogens is 5. The van der Waals surface area contributed by atoms with Crippen LogP contribution >= 0.6 is 0 Å². The molecule has 0 radical (unpaired) electrons. The largest absolute Gasteiger partial charge is 0.459 e. The molecule has 32 heavy (non-hydrogen) atoms. The van der Waals surface area contributed by atoms with E-state index in [1.807, 2.05) is 0 Å². The third kappa shape index (κ3) is 4.37. The Balaban J connectivity index is 2.18. The van der Waals surface area contributed by atoms with Crippen LogP contribution in [0, 0.1) is 11.6 Å². The van der Waals surface area contributed by atoms with Gasteiger partial charge >= 0.3 is 12.1 Å². The highest BCUT2D eigenvalue weighted by Crippen LogP contribution is 2.42. The summed E-state index contributed by atoms with van der Waals surface area (Å²) in [5.41, 5.74) is -3.68. The number of nitrogens with zero attached hydrogens (tertiary/aromatic N) is 2. The smallest absolute Gasteiger partial charge is 0.435 e. The van der Waals surface area contributed by atoms with E-state index >= 15 is 0 Å². The van der Waals surface area contributed by atoms with E-state index in [1.54, 1.807) is 13.8 Å². The van der Waals surface area contributed by atoms with E-state index in [0.29, 0.717) is 6.07 Å². The Morgan fingerprint density at radius 2 is 1.84 bits per heavy atom. The van der Waals surface area contributed by atoms with Crippen LogP contribution in [0.3, 0.4) is 0 Å². The number of alkyl halides is 3. The third-order valence-corrected chi connectivity index (χ3v) is 4.82. The summed E-state index contributed by atoms with van der Waals surface area (Å²) in [6.45, 7) is 5.70. The lowest BCUT2D eigenvalue weighted by atomic mass is 9.81. The molecule has 0 unspecified atom stereocenters. The molecule has 0 spiro atoms. The van der Waals surface area contributed by atoms with Crippen molar-refractivity contribution in [1.29, 1.82) is 0 Å². The molecule has 172 valence electrons. The number of H-pyrrole nitrogens is 1. The van der Waals surface area contributed by atoms with Gasteiger partial charge in [-0.1, -0.05) is 13.8 Å². The normalized spacial score (nSPS) is 15.8. The van der Waals surface area contributed by atoms with E-state index in [9.17, 15) is 31.5 Å². The standard InChI is InChI=1S/C21H20F5N3O3/c1-10(2)32-19(31)12-8-29(18(30)11-5-6-13(22)14(23)7-11)9-20(3,4)15-16(12)27-28-17(15)21(24,25)26/h5-8,10H,9H2,1-4H3,(H,27,28). The molecule has 1 aliphatic heterocycles. The summed E-state index contributed by atoms with van der Waals surface area (Å²) in [5, 5.41) is 5.64. The van der Waals surface area contributed by atoms with E-state index in [4.69, 9.17) is 4.74 Å². The fourth-order valence-electron chi connectivity index (χ4n) is 3.53. The number of aromatic nitrogens is 2. The number of rotatable bonds is 3. The number of benzene rings is 1. The molecule has 1 amide bonds. The van der Waals surface area contributed by atoms with Crippen molar-refractivity contribution in [3.8, 4) is 0 Å². The Hall–Kier alpha value is -3.24. The predicted octanol–water partition coefficient (Wildman–Crippen LogP) is 4.43. The minimum absolute atomic E-state index is 0.228. The lowest BCUT2D eigenvalue weighted by Gasteiger charge is -2.30. The van der Waals surface area contributed by atoms with Gasteiger partial charge in [0, 0.05) is 29.3 Å². The SMILES string of the molecule is CC(C)OC(=O)C1=CN(C(=O)c2ccc(F)c(F)c2)CC(C)(C)c2c(C(F)(F)F)n[nH]c21. The highest BCUT2D eigenvalue weighted by atomic mass is 19.4. The first-order chi connectivity index (χ1) is 14.7. The molecule has 0 aliphatic carbocycles. The van der Waals surface area contributed by atoms with Crippen LogP contribution in [0.25, 0.3) is 5.57 Å². The number of carbonyl (C=O) groups is 2. The molecular formula is C21H20F5N3O3. The summed E-state index contributed by atoms with van der Waals surface area (Å²) in [5.74, 6) is -4.23. The number of esters is 1. The van der Waals surface area contributed by atoms with Gasteiger partial charge in [0.25, 0.3) is 5.91 Å². The van der Waals surface area contributed by atoms with Gasteiger partial charge in [-0.25, -0.2) is 13.6 Å². The van der Waals surface area contributed by atoms with Crippen molar-refractivity contribution in [2.75, 3.05) is 6.54 Å². The maximum atomic E-state index is 13.7. The maximum Gasteiger partial charge on any atom is 0.435 e. The highest BCUT2D eigenvalue weighted by Gasteiger charge is 2.46. The van der Waals surface area contributed by atoms with Crippen LogP contribution in [-0.2, 0) is 21.1 Å². The average Bonchev–Trinajstić information content (AvgIpc) is 3.08. The van der Waals surface area contributed by atoms with Gasteiger partial charge in [-0.15, -0.1) is 0 Å². The van der Waals surface area contributed by atoms with E-state index in [1.165, 1.54) is 13.8 Å². The Labute approximate surface area is 180 Å². The van der Waals surface area contributed by atoms with Crippen molar-refractivity contribution < 1.29 is 36.3 Å². The molecule has 0 saturated heterocycles. The Morgan fingerprint density at radius 3 is 2.41 bits per heavy atom. The zero-order valence-corrected chi connectivity index (χ0v) is 17.6. The molecule has 1 aromatic carbocycles. The summed E-state index contributed by atoms with van der Waals surface area (Å²) < 4.78 is 73.0. The quantitative estimate of drug-likeness (QED) is 0.547. The van der Waals surface area contributed by atoms with E-state index in [0.717, 1.165) is 23.2 Å². The van der Waals surface area contributed by atoms with Crippen molar-refractivity contribution in [3.05, 3.63) is 58.5 Å². The number of carbonyl (C=O) groups excluding carboxylic acids is 2. The van der Waals surface area contributed by atoms with Crippen molar-refractivity contribution in [3.63, 3.8) is 0 Å². The monoisotopic (exact) mass is 457 g/mol. The molecule has 0 fully saturated rings. The molecule has 3 rings (SSSR count). The van der Waals surface area contributed by atoms with Gasteiger partial charge < -0.3 is 9.64 Å². The summed E-state index contributed by atoms with van der Waals surface area (Å²) in [4.78, 5) is 26.8. The van der Waals surface area contributed by atoms with Gasteiger partial charge in [-0.05, 0) is 32.0 Å². The van der Waals surface area contributed by atoms with Crippen LogP contribution < -0.4 is 0 Å². The van der Waals surface area contributed by atoms with E-state index < -0.39 is 46.9 Å². The second kappa shape index (κ2) is 8.03. The van der Waals surface area contributed by atoms with Crippen LogP contribution in [0.4, 0.5) is 22.0 Å². The Morgan fingerprint density at radius 1 is 1.19 bits per heavy atom. The number of hydrogen-bond donors (Lipinski definition) is 1. The van der Waals surface area contributed by atoms with E-state index in [2.05, 4.69) is 10.2 Å². The first-order valence-electron chi connectivity index (χ1n) is 9.57. The number of amides is 1. The number of fused-ring (bicyclic) bond motifs is 1. The van der Waals surface area contributed by atoms with Crippen LogP contribution in [0.5, 0.6) is 0 Å². The average molecular weight is 457 g/mol. The van der Waals surface area contributed by atoms with Crippen LogP contribution in [-0.4, -0.2) is 39.6 Å². The van der Waals surface area contributed by atoms with Crippen LogP contribution in [0.1, 0.15) is 55.0 Å². The molecule has 11 heteroatoms. The highest BCUT2D eigenvalue weighted by molar-refractivity contribution is 6.17. The second-order valence-corrected chi connectivity index (χ2v) is 8.26. The number of nitrogens with one attached hydrogen (secondary N) is 1. The molecule has 2 heterocycles. The lowest BCUT2D eigenvalue weighted by Crippen LogP contribution is -2.38. The fourth-order valence-corrected chi connectivity index (χ4v) is 3.53. The Bertz CT molecular complexity index is 1100. The van der Waals surface area contributed by atoms with Crippen molar-refractivity contribution in [2.45, 2.75) is 45.4 Å². The number of ether oxygens (including phenoxy) is 1. The van der Waals surface area contributed by atoms with Gasteiger partial charge in [0.15, 0.2) is 17.3 Å². The molecule has 6 nitrogen and oxygen atoms in total. The number of aromatic amines is 1. The van der Waals surface area contributed by atoms with E-state index in [-0.39, 0.29) is 28.9 Å². The molecule has 1 N–H and O–H groups in total. The first-order valence-corrected chi connectivity index (χ1v) is 9.57. The van der Waals surface area contributed by atoms with Crippen LogP contribution in [0.2, 0.25) is 0 Å². The summed E-state index contributed by atoms with van der Waals surface area (Å²) >= 11 is 0. The third-order valence-electron chi connectivity index (χ3n) is 4.82. The van der Waals surface area contributed by atoms with Gasteiger partial charge in [-0.2, -0.15) is 18.3 Å². The zero-order chi connectivity index (χ0) is 24.0. The van der Waals surface area contributed by atoms with Gasteiger partial charge in [0.2, 0.25) is 0 Å². The fraction of sp³-hybridized carbons (Fsp3) is 0.381. The van der Waals surface area contributed by atoms with Gasteiger partial charge in [0.05, 0.1) is 11.8 Å². The molecule has 0 atom stereocenters. The number of hydrogen-bond acceptors (Lipinski definition) is 4. The molecule has 0 bridgehead atoms. The summed E-state index contributed by atoms with van der Waals surface area (Å²) in [6, 6.07) is 2.48. The van der Waals surface area contributed by atoms with Crippen molar-refractivity contribution >= 4 is 17.4 Å². The predicted molar refractivity (Wildman–Crippen MR) is 103 cm³/mol. The van der Waals surface area contributed by atoms with Crippen molar-refractivity contribution in [2.24, 2.45) is 0 Å². The minimum Gasteiger partial charge on any atom is -0.459 e. The minimum atomic E-state index is -4.83. The van der Waals surface area contributed by atoms with Crippen molar-refractivity contribution in [1.82, 2.24) is 15.1 Å². The summed E-state index contributed by atoms with van der Waals surface area (Å²) in [7, 11) is 0. The zero-order valence-electron chi connectivity index (χ0n) is 17.6. The first kappa shape index (κ1) is 23.4.